The van der Waals surface area contributed by atoms with Gasteiger partial charge in [0.1, 0.15) is 0 Å². The average molecular weight is 218 g/mol. The molecule has 85 valence electrons. The smallest absolute Gasteiger partial charge is 0.387 e. The number of nitrogens with two attached hydrogens (primary N) is 1. The van der Waals surface area contributed by atoms with Crippen LogP contribution in [0.1, 0.15) is 39.0 Å². The van der Waals surface area contributed by atoms with Gasteiger partial charge in [-0.05, 0) is 19.4 Å². The largest absolute Gasteiger partial charge is 0.397 e. The Morgan fingerprint density at radius 3 is 2.21 bits per heavy atom. The van der Waals surface area contributed by atoms with Crippen molar-refractivity contribution in [1.82, 2.24) is 0 Å². The molecule has 0 amide bonds. The predicted molar refractivity (Wildman–Crippen MR) is 61.3 cm³/mol. The molecule has 0 saturated carbocycles. The second-order valence-electron chi connectivity index (χ2n) is 3.47. The quantitative estimate of drug-likeness (QED) is 0.476. The molecule has 0 aliphatic carbocycles. The third-order valence-electron chi connectivity index (χ3n) is 2.49. The highest BCUT2D eigenvalue weighted by atomic mass is 28.3. The van der Waals surface area contributed by atoms with E-state index in [1.165, 1.54) is 19.3 Å². The van der Waals surface area contributed by atoms with E-state index in [-0.39, 0.29) is 0 Å². The molecule has 4 heteroatoms. The van der Waals surface area contributed by atoms with Crippen molar-refractivity contribution in [3.63, 3.8) is 0 Å². The Hall–Kier alpha value is 0.0969. The normalized spacial score (nSPS) is 13.5. The van der Waals surface area contributed by atoms with Crippen LogP contribution >= 0.6 is 0 Å². The molecule has 0 heterocycles. The van der Waals surface area contributed by atoms with Crippen LogP contribution in [0, 0.1) is 0 Å². The second-order valence-corrected chi connectivity index (χ2v) is 5.74. The Labute approximate surface area is 89.8 Å². The molecule has 0 saturated heterocycles. The Bertz CT molecular complexity index is 121. The number of rotatable bonds is 9. The van der Waals surface area contributed by atoms with Gasteiger partial charge in [0.15, 0.2) is 0 Å². The number of hydrogen-bond acceptors (Lipinski definition) is 3. The van der Waals surface area contributed by atoms with Crippen molar-refractivity contribution in [3.8, 4) is 0 Å². The summed E-state index contributed by atoms with van der Waals surface area (Å²) in [6.45, 7) is 3.01. The summed E-state index contributed by atoms with van der Waals surface area (Å²) >= 11 is 0. The fourth-order valence-corrected chi connectivity index (χ4v) is 3.22. The third-order valence-corrected chi connectivity index (χ3v) is 4.65. The van der Waals surface area contributed by atoms with Crippen molar-refractivity contribution in [3.05, 3.63) is 0 Å². The van der Waals surface area contributed by atoms with Crippen LogP contribution in [0.5, 0.6) is 0 Å². The standard InChI is InChI=1S/C10H24NO2Si/c1-4-10(14(12-2)13-3)8-6-5-7-9-11/h10H,4-9,11H2,1-3H3. The first-order valence-corrected chi connectivity index (χ1v) is 6.84. The summed E-state index contributed by atoms with van der Waals surface area (Å²) in [4.78, 5) is 0. The van der Waals surface area contributed by atoms with E-state index in [0.29, 0.717) is 5.54 Å². The van der Waals surface area contributed by atoms with Gasteiger partial charge in [-0.3, -0.25) is 0 Å². The fraction of sp³-hybridized carbons (Fsp3) is 1.00. The first kappa shape index (κ1) is 14.1. The molecule has 3 nitrogen and oxygen atoms in total. The summed E-state index contributed by atoms with van der Waals surface area (Å²) in [6.07, 6.45) is 5.98. The van der Waals surface area contributed by atoms with E-state index in [9.17, 15) is 0 Å². The third kappa shape index (κ3) is 5.75. The molecule has 0 aromatic heterocycles. The fourth-order valence-electron chi connectivity index (χ4n) is 1.62. The zero-order valence-electron chi connectivity index (χ0n) is 9.71. The lowest BCUT2D eigenvalue weighted by molar-refractivity contribution is 0.260. The van der Waals surface area contributed by atoms with Crippen LogP contribution < -0.4 is 5.73 Å². The van der Waals surface area contributed by atoms with Gasteiger partial charge in [0, 0.05) is 19.8 Å². The van der Waals surface area contributed by atoms with E-state index in [0.717, 1.165) is 19.4 Å². The summed E-state index contributed by atoms with van der Waals surface area (Å²) < 4.78 is 10.7. The van der Waals surface area contributed by atoms with Crippen molar-refractivity contribution in [2.24, 2.45) is 5.73 Å². The van der Waals surface area contributed by atoms with Crippen molar-refractivity contribution < 1.29 is 8.85 Å². The monoisotopic (exact) mass is 218 g/mol. The maximum atomic E-state index is 5.45. The zero-order valence-corrected chi connectivity index (χ0v) is 10.7. The highest BCUT2D eigenvalue weighted by Crippen LogP contribution is 2.23. The minimum absolute atomic E-state index is 0.618. The highest BCUT2D eigenvalue weighted by Gasteiger charge is 2.23. The van der Waals surface area contributed by atoms with Gasteiger partial charge in [-0.1, -0.05) is 26.2 Å². The lowest BCUT2D eigenvalue weighted by Gasteiger charge is -2.19. The summed E-state index contributed by atoms with van der Waals surface area (Å²) in [6, 6.07) is 0. The molecule has 0 aromatic rings. The van der Waals surface area contributed by atoms with Crippen LogP contribution in [0.2, 0.25) is 5.54 Å². The van der Waals surface area contributed by atoms with Crippen LogP contribution in [0.15, 0.2) is 0 Å². The molecule has 1 unspecified atom stereocenters. The zero-order chi connectivity index (χ0) is 10.8. The van der Waals surface area contributed by atoms with Gasteiger partial charge in [0.25, 0.3) is 0 Å². The minimum Gasteiger partial charge on any atom is -0.397 e. The number of unbranched alkanes of at least 4 members (excludes halogenated alkanes) is 2. The van der Waals surface area contributed by atoms with Gasteiger partial charge in [0.05, 0.1) is 0 Å². The van der Waals surface area contributed by atoms with Crippen molar-refractivity contribution >= 4 is 9.28 Å². The molecule has 14 heavy (non-hydrogen) atoms. The lowest BCUT2D eigenvalue weighted by Crippen LogP contribution is -2.26. The van der Waals surface area contributed by atoms with E-state index < -0.39 is 9.28 Å². The Morgan fingerprint density at radius 2 is 1.79 bits per heavy atom. The first-order chi connectivity index (χ1) is 6.79. The Morgan fingerprint density at radius 1 is 1.14 bits per heavy atom. The molecule has 1 atom stereocenters. The van der Waals surface area contributed by atoms with Gasteiger partial charge < -0.3 is 14.6 Å². The molecule has 0 aliphatic heterocycles. The van der Waals surface area contributed by atoms with E-state index >= 15 is 0 Å². The summed E-state index contributed by atoms with van der Waals surface area (Å²) in [5.74, 6) is 0. The molecule has 1 radical (unpaired) electrons. The first-order valence-electron chi connectivity index (χ1n) is 5.45. The van der Waals surface area contributed by atoms with Gasteiger partial charge in [-0.25, -0.2) is 0 Å². The highest BCUT2D eigenvalue weighted by molar-refractivity contribution is 6.46. The summed E-state index contributed by atoms with van der Waals surface area (Å²) in [5.41, 5.74) is 6.07. The van der Waals surface area contributed by atoms with Gasteiger partial charge in [-0.2, -0.15) is 0 Å². The van der Waals surface area contributed by atoms with Crippen LogP contribution in [-0.4, -0.2) is 30.0 Å². The molecule has 0 rings (SSSR count). The van der Waals surface area contributed by atoms with Crippen molar-refractivity contribution in [1.29, 1.82) is 0 Å². The average Bonchev–Trinajstić information content (AvgIpc) is 2.23. The van der Waals surface area contributed by atoms with Crippen LogP contribution in [0.4, 0.5) is 0 Å². The van der Waals surface area contributed by atoms with E-state index in [4.69, 9.17) is 14.6 Å². The molecule has 0 spiro atoms. The van der Waals surface area contributed by atoms with Crippen LogP contribution in [0.25, 0.3) is 0 Å². The van der Waals surface area contributed by atoms with Crippen molar-refractivity contribution in [2.75, 3.05) is 20.8 Å². The minimum atomic E-state index is -1.03. The molecule has 2 N–H and O–H groups in total. The predicted octanol–water partition coefficient (Wildman–Crippen LogP) is 2.07. The van der Waals surface area contributed by atoms with E-state index in [2.05, 4.69) is 6.92 Å². The molecular weight excluding hydrogens is 194 g/mol. The van der Waals surface area contributed by atoms with E-state index in [1.54, 1.807) is 14.2 Å². The summed E-state index contributed by atoms with van der Waals surface area (Å²) in [7, 11) is 2.47. The lowest BCUT2D eigenvalue weighted by atomic mass is 10.1. The molecule has 0 aromatic carbocycles. The molecule has 0 aliphatic rings. The van der Waals surface area contributed by atoms with Crippen molar-refractivity contribution in [2.45, 2.75) is 44.6 Å². The van der Waals surface area contributed by atoms with Crippen LogP contribution in [0.3, 0.4) is 0 Å². The molecule has 0 bridgehead atoms. The summed E-state index contributed by atoms with van der Waals surface area (Å²) in [5, 5.41) is 0. The Balaban J connectivity index is 3.65. The molecular formula is C10H24NO2Si. The maximum absolute atomic E-state index is 5.45. The van der Waals surface area contributed by atoms with Gasteiger partial charge in [0.2, 0.25) is 0 Å². The molecule has 0 fully saturated rings. The van der Waals surface area contributed by atoms with Gasteiger partial charge >= 0.3 is 9.28 Å². The van der Waals surface area contributed by atoms with Crippen LogP contribution in [-0.2, 0) is 8.85 Å². The number of hydrogen-bond donors (Lipinski definition) is 1. The van der Waals surface area contributed by atoms with Gasteiger partial charge in [-0.15, -0.1) is 0 Å². The topological polar surface area (TPSA) is 44.5 Å². The Kier molecular flexibility index (Phi) is 9.71. The SMILES string of the molecule is CCC(CCCCCN)[Si](OC)OC. The second kappa shape index (κ2) is 9.64. The maximum Gasteiger partial charge on any atom is 0.387 e. The van der Waals surface area contributed by atoms with E-state index in [1.807, 2.05) is 0 Å².